The lowest BCUT2D eigenvalue weighted by Crippen LogP contribution is -2.37. The molecule has 116 valence electrons. The van der Waals surface area contributed by atoms with Crippen molar-refractivity contribution in [1.29, 1.82) is 0 Å². The van der Waals surface area contributed by atoms with Crippen LogP contribution in [-0.2, 0) is 23.3 Å². The van der Waals surface area contributed by atoms with Gasteiger partial charge in [-0.05, 0) is 38.5 Å². The van der Waals surface area contributed by atoms with Gasteiger partial charge < -0.3 is 15.0 Å². The zero-order valence-corrected chi connectivity index (χ0v) is 13.8. The maximum atomic E-state index is 6.20. The van der Waals surface area contributed by atoms with Crippen LogP contribution in [0.2, 0.25) is 0 Å². The Bertz CT molecular complexity index is 561. The number of nitrogens with zero attached hydrogens (tertiary/aromatic N) is 1. The SMILES string of the molecule is CCOC1(c2nc(=S)c3c([nH]2)CCNC3)CCC(C)CC1. The molecule has 0 bridgehead atoms. The molecule has 1 aromatic heterocycles. The number of fused-ring (bicyclic) bond motifs is 1. The van der Waals surface area contributed by atoms with Gasteiger partial charge in [0.1, 0.15) is 16.1 Å². The number of ether oxygens (including phenoxy) is 1. The van der Waals surface area contributed by atoms with Crippen molar-refractivity contribution < 1.29 is 4.74 Å². The van der Waals surface area contributed by atoms with Gasteiger partial charge in [0.15, 0.2) is 0 Å². The van der Waals surface area contributed by atoms with E-state index in [1.165, 1.54) is 18.5 Å². The van der Waals surface area contributed by atoms with Gasteiger partial charge in [-0.1, -0.05) is 19.1 Å². The van der Waals surface area contributed by atoms with Crippen molar-refractivity contribution >= 4 is 12.2 Å². The van der Waals surface area contributed by atoms with Crippen LogP contribution in [0.4, 0.5) is 0 Å². The second kappa shape index (κ2) is 6.15. The van der Waals surface area contributed by atoms with Gasteiger partial charge in [0, 0.05) is 37.4 Å². The van der Waals surface area contributed by atoms with Gasteiger partial charge in [0.25, 0.3) is 0 Å². The van der Waals surface area contributed by atoms with Crippen molar-refractivity contribution in [2.45, 2.75) is 58.1 Å². The molecular formula is C16H25N3OS. The van der Waals surface area contributed by atoms with E-state index in [1.807, 2.05) is 0 Å². The molecule has 1 aliphatic heterocycles. The fourth-order valence-electron chi connectivity index (χ4n) is 3.54. The largest absolute Gasteiger partial charge is 0.367 e. The van der Waals surface area contributed by atoms with E-state index < -0.39 is 0 Å². The van der Waals surface area contributed by atoms with Crippen LogP contribution in [0.3, 0.4) is 0 Å². The molecule has 2 N–H and O–H groups in total. The molecule has 1 saturated carbocycles. The Labute approximate surface area is 131 Å². The lowest BCUT2D eigenvalue weighted by molar-refractivity contribution is -0.0839. The predicted molar refractivity (Wildman–Crippen MR) is 85.8 cm³/mol. The fourth-order valence-corrected chi connectivity index (χ4v) is 3.82. The molecule has 0 spiro atoms. The Kier molecular flexibility index (Phi) is 4.43. The topological polar surface area (TPSA) is 49.9 Å². The molecule has 3 rings (SSSR count). The first kappa shape index (κ1) is 15.1. The van der Waals surface area contributed by atoms with Gasteiger partial charge in [-0.3, -0.25) is 0 Å². The summed E-state index contributed by atoms with van der Waals surface area (Å²) in [6, 6.07) is 0. The van der Waals surface area contributed by atoms with Gasteiger partial charge in [-0.15, -0.1) is 0 Å². The Morgan fingerprint density at radius 2 is 2.14 bits per heavy atom. The predicted octanol–water partition coefficient (Wildman–Crippen LogP) is 3.23. The minimum Gasteiger partial charge on any atom is -0.367 e. The van der Waals surface area contributed by atoms with Gasteiger partial charge in [-0.2, -0.15) is 0 Å². The smallest absolute Gasteiger partial charge is 0.140 e. The fraction of sp³-hybridized carbons (Fsp3) is 0.750. The van der Waals surface area contributed by atoms with Crippen LogP contribution in [0.5, 0.6) is 0 Å². The molecule has 0 radical (unpaired) electrons. The van der Waals surface area contributed by atoms with Crippen LogP contribution < -0.4 is 5.32 Å². The number of aromatic nitrogens is 2. The van der Waals surface area contributed by atoms with E-state index in [0.29, 0.717) is 0 Å². The first-order valence-electron chi connectivity index (χ1n) is 8.12. The van der Waals surface area contributed by atoms with Crippen LogP contribution in [-0.4, -0.2) is 23.1 Å². The molecule has 0 unspecified atom stereocenters. The molecule has 1 aliphatic carbocycles. The van der Waals surface area contributed by atoms with E-state index in [1.54, 1.807) is 0 Å². The molecule has 0 atom stereocenters. The molecule has 0 amide bonds. The molecule has 4 nitrogen and oxygen atoms in total. The van der Waals surface area contributed by atoms with E-state index in [-0.39, 0.29) is 5.60 Å². The van der Waals surface area contributed by atoms with Crippen LogP contribution in [0, 0.1) is 10.6 Å². The van der Waals surface area contributed by atoms with E-state index in [0.717, 1.165) is 60.9 Å². The summed E-state index contributed by atoms with van der Waals surface area (Å²) in [4.78, 5) is 8.29. The Morgan fingerprint density at radius 3 is 2.86 bits per heavy atom. The highest BCUT2D eigenvalue weighted by Gasteiger charge is 2.39. The number of hydrogen-bond donors (Lipinski definition) is 2. The van der Waals surface area contributed by atoms with Crippen molar-refractivity contribution in [2.24, 2.45) is 5.92 Å². The molecular weight excluding hydrogens is 282 g/mol. The molecule has 1 fully saturated rings. The minimum atomic E-state index is -0.255. The van der Waals surface area contributed by atoms with Crippen LogP contribution >= 0.6 is 12.2 Å². The monoisotopic (exact) mass is 307 g/mol. The molecule has 2 aliphatic rings. The molecule has 21 heavy (non-hydrogen) atoms. The minimum absolute atomic E-state index is 0.255. The van der Waals surface area contributed by atoms with E-state index in [9.17, 15) is 0 Å². The summed E-state index contributed by atoms with van der Waals surface area (Å²) in [5, 5.41) is 3.36. The first-order chi connectivity index (χ1) is 10.1. The highest BCUT2D eigenvalue weighted by Crippen LogP contribution is 2.41. The summed E-state index contributed by atoms with van der Waals surface area (Å²) in [6.07, 6.45) is 5.46. The lowest BCUT2D eigenvalue weighted by Gasteiger charge is -2.38. The van der Waals surface area contributed by atoms with Crippen molar-refractivity contribution in [2.75, 3.05) is 13.2 Å². The lowest BCUT2D eigenvalue weighted by atomic mass is 9.78. The van der Waals surface area contributed by atoms with Crippen molar-refractivity contribution in [3.63, 3.8) is 0 Å². The van der Waals surface area contributed by atoms with Crippen molar-refractivity contribution in [3.8, 4) is 0 Å². The summed E-state index contributed by atoms with van der Waals surface area (Å²) in [5.74, 6) is 1.74. The number of aromatic amines is 1. The van der Waals surface area contributed by atoms with Gasteiger partial charge >= 0.3 is 0 Å². The van der Waals surface area contributed by atoms with E-state index in [2.05, 4.69) is 24.1 Å². The van der Waals surface area contributed by atoms with Crippen LogP contribution in [0.15, 0.2) is 0 Å². The third kappa shape index (κ3) is 2.91. The first-order valence-corrected chi connectivity index (χ1v) is 8.52. The zero-order valence-electron chi connectivity index (χ0n) is 13.0. The highest BCUT2D eigenvalue weighted by molar-refractivity contribution is 7.71. The third-order valence-electron chi connectivity index (χ3n) is 4.89. The molecule has 5 heteroatoms. The van der Waals surface area contributed by atoms with Crippen LogP contribution in [0.1, 0.15) is 56.6 Å². The molecule has 1 aromatic rings. The standard InChI is InChI=1S/C16H25N3OS/c1-3-20-16(7-4-11(2)5-8-16)15-18-13-6-9-17-10-12(13)14(21)19-15/h11,17H,3-10H2,1-2H3,(H,18,19,21). The molecule has 0 aromatic carbocycles. The zero-order chi connectivity index (χ0) is 14.9. The maximum absolute atomic E-state index is 6.20. The number of nitrogens with one attached hydrogen (secondary N) is 2. The maximum Gasteiger partial charge on any atom is 0.140 e. The van der Waals surface area contributed by atoms with Crippen LogP contribution in [0.25, 0.3) is 0 Å². The van der Waals surface area contributed by atoms with Crippen molar-refractivity contribution in [3.05, 3.63) is 21.7 Å². The summed E-state index contributed by atoms with van der Waals surface area (Å²) in [7, 11) is 0. The van der Waals surface area contributed by atoms with Gasteiger partial charge in [0.05, 0.1) is 0 Å². The number of rotatable bonds is 3. The number of hydrogen-bond acceptors (Lipinski definition) is 4. The normalized spacial score (nSPS) is 29.1. The molecule has 2 heterocycles. The Hall–Kier alpha value is -0.780. The Balaban J connectivity index is 2.00. The molecule has 0 saturated heterocycles. The quantitative estimate of drug-likeness (QED) is 0.842. The second-order valence-corrected chi connectivity index (χ2v) is 6.77. The average molecular weight is 307 g/mol. The summed E-state index contributed by atoms with van der Waals surface area (Å²) in [6.45, 7) is 6.94. The summed E-state index contributed by atoms with van der Waals surface area (Å²) < 4.78 is 6.93. The summed E-state index contributed by atoms with van der Waals surface area (Å²) >= 11 is 5.53. The Morgan fingerprint density at radius 1 is 1.38 bits per heavy atom. The van der Waals surface area contributed by atoms with Gasteiger partial charge in [0.2, 0.25) is 0 Å². The average Bonchev–Trinajstić information content (AvgIpc) is 2.50. The second-order valence-electron chi connectivity index (χ2n) is 6.38. The third-order valence-corrected chi connectivity index (χ3v) is 5.23. The van der Waals surface area contributed by atoms with E-state index >= 15 is 0 Å². The van der Waals surface area contributed by atoms with E-state index in [4.69, 9.17) is 21.9 Å². The van der Waals surface area contributed by atoms with Crippen molar-refractivity contribution in [1.82, 2.24) is 15.3 Å². The van der Waals surface area contributed by atoms with Gasteiger partial charge in [-0.25, -0.2) is 4.98 Å². The summed E-state index contributed by atoms with van der Waals surface area (Å²) in [5.41, 5.74) is 2.16. The highest BCUT2D eigenvalue weighted by atomic mass is 32.1. The number of H-pyrrole nitrogens is 1.